The molecule has 0 bridgehead atoms. The lowest BCUT2D eigenvalue weighted by atomic mass is 10.3. The first-order valence-electron chi connectivity index (χ1n) is 8.22. The minimum Gasteiger partial charge on any atom is -0.396 e. The first-order chi connectivity index (χ1) is 11.8. The summed E-state index contributed by atoms with van der Waals surface area (Å²) in [4.78, 5) is 2.58. The summed E-state index contributed by atoms with van der Waals surface area (Å²) in [5, 5.41) is 8.81. The van der Waals surface area contributed by atoms with Crippen molar-refractivity contribution < 1.29 is 5.11 Å². The number of hydrogen-bond donors (Lipinski definition) is 1. The van der Waals surface area contributed by atoms with Crippen LogP contribution in [-0.2, 0) is 0 Å². The molecule has 0 fully saturated rings. The number of hydrogen-bond acceptors (Lipinski definition) is 5. The third-order valence-corrected chi connectivity index (χ3v) is 7.85. The number of aliphatic hydroxyl groups is 1. The number of aliphatic hydroxyl groups excluding tert-OH is 1. The van der Waals surface area contributed by atoms with E-state index >= 15 is 0 Å². The van der Waals surface area contributed by atoms with Crippen LogP contribution in [-0.4, -0.2) is 23.2 Å². The monoisotopic (exact) mass is 396 g/mol. The molecule has 1 N–H and O–H groups in total. The van der Waals surface area contributed by atoms with Crippen molar-refractivity contribution in [2.75, 3.05) is 18.1 Å². The van der Waals surface area contributed by atoms with Gasteiger partial charge in [-0.15, -0.1) is 46.2 Å². The lowest BCUT2D eigenvalue weighted by molar-refractivity contribution is 0.296. The van der Waals surface area contributed by atoms with Crippen molar-refractivity contribution in [1.29, 1.82) is 0 Å². The predicted octanol–water partition coefficient (Wildman–Crippen LogP) is 6.90. The molecule has 2 aromatic rings. The molecule has 0 saturated heterocycles. The van der Waals surface area contributed by atoms with Gasteiger partial charge in [0.2, 0.25) is 0 Å². The molecule has 0 aliphatic carbocycles. The molecular weight excluding hydrogens is 372 g/mol. The Bertz CT molecular complexity index is 583. The lowest BCUT2D eigenvalue weighted by Gasteiger charge is -1.94. The Morgan fingerprint density at radius 3 is 1.92 bits per heavy atom. The Kier molecular flexibility index (Phi) is 9.92. The lowest BCUT2D eigenvalue weighted by Crippen LogP contribution is -1.83. The van der Waals surface area contributed by atoms with E-state index in [1.54, 1.807) is 11.3 Å². The van der Waals surface area contributed by atoms with Crippen LogP contribution in [0.1, 0.15) is 35.9 Å². The van der Waals surface area contributed by atoms with Crippen molar-refractivity contribution in [3.05, 3.63) is 46.2 Å². The highest BCUT2D eigenvalue weighted by molar-refractivity contribution is 8.01. The molecule has 0 radical (unpaired) electrons. The van der Waals surface area contributed by atoms with Gasteiger partial charge < -0.3 is 5.11 Å². The highest BCUT2D eigenvalue weighted by Gasteiger charge is 1.99. The summed E-state index contributed by atoms with van der Waals surface area (Å²) in [5.74, 6) is 2.20. The van der Waals surface area contributed by atoms with Crippen molar-refractivity contribution in [3.63, 3.8) is 0 Å². The Balaban J connectivity index is 1.77. The minimum absolute atomic E-state index is 0.275. The van der Waals surface area contributed by atoms with Gasteiger partial charge in [0.25, 0.3) is 0 Å². The number of rotatable bonds is 11. The molecule has 5 heteroatoms. The van der Waals surface area contributed by atoms with Gasteiger partial charge in [-0.3, -0.25) is 0 Å². The average Bonchev–Trinajstić information content (AvgIpc) is 3.22. The van der Waals surface area contributed by atoms with E-state index in [9.17, 15) is 0 Å². The van der Waals surface area contributed by atoms with Crippen LogP contribution in [0, 0.1) is 0 Å². The molecule has 2 rings (SSSR count). The number of thioether (sulfide) groups is 2. The predicted molar refractivity (Wildman–Crippen MR) is 115 cm³/mol. The zero-order valence-corrected chi connectivity index (χ0v) is 17.2. The molecule has 130 valence electrons. The van der Waals surface area contributed by atoms with Crippen LogP contribution in [0.25, 0.3) is 12.2 Å². The first-order valence-corrected chi connectivity index (χ1v) is 11.8. The maximum absolute atomic E-state index is 8.81. The highest BCUT2D eigenvalue weighted by atomic mass is 32.2. The second-order valence-corrected chi connectivity index (χ2v) is 10.2. The van der Waals surface area contributed by atoms with Gasteiger partial charge in [0.1, 0.15) is 0 Å². The summed E-state index contributed by atoms with van der Waals surface area (Å²) in [6, 6.07) is 8.74. The fraction of sp³-hybridized carbons (Fsp3) is 0.368. The normalized spacial score (nSPS) is 11.9. The molecule has 0 aliphatic heterocycles. The Morgan fingerprint density at radius 2 is 1.42 bits per heavy atom. The second-order valence-electron chi connectivity index (χ2n) is 5.16. The van der Waals surface area contributed by atoms with Gasteiger partial charge in [0, 0.05) is 22.1 Å². The smallest absolute Gasteiger partial charge is 0.0604 e. The summed E-state index contributed by atoms with van der Waals surface area (Å²) in [7, 11) is 0. The van der Waals surface area contributed by atoms with Crippen LogP contribution in [0.5, 0.6) is 0 Å². The molecule has 2 heterocycles. The van der Waals surface area contributed by atoms with Crippen LogP contribution >= 0.6 is 46.2 Å². The van der Waals surface area contributed by atoms with Gasteiger partial charge in [-0.1, -0.05) is 25.5 Å². The molecule has 0 aromatic carbocycles. The van der Waals surface area contributed by atoms with Crippen molar-refractivity contribution in [3.8, 4) is 0 Å². The Hall–Kier alpha value is -0.460. The van der Waals surface area contributed by atoms with Gasteiger partial charge in [-0.25, -0.2) is 0 Å². The number of thiophene rings is 2. The number of unbranched alkanes of at least 4 members (excludes halogenated alkanes) is 1. The van der Waals surface area contributed by atoms with E-state index in [0.29, 0.717) is 0 Å². The molecule has 2 aromatic heterocycles. The van der Waals surface area contributed by atoms with Crippen LogP contribution in [0.3, 0.4) is 0 Å². The molecule has 0 spiro atoms. The summed E-state index contributed by atoms with van der Waals surface area (Å²) in [6.07, 6.45) is 12.0. The average molecular weight is 397 g/mol. The van der Waals surface area contributed by atoms with Crippen molar-refractivity contribution >= 4 is 58.3 Å². The maximum Gasteiger partial charge on any atom is 0.0604 e. The topological polar surface area (TPSA) is 20.2 Å². The van der Waals surface area contributed by atoms with Gasteiger partial charge in [0.15, 0.2) is 0 Å². The SMILES string of the molecule is CCCCSc1ccc(C=CC=Cc2ccc(SCCCO)s2)s1. The van der Waals surface area contributed by atoms with E-state index in [1.807, 2.05) is 34.9 Å². The third kappa shape index (κ3) is 7.62. The summed E-state index contributed by atoms with van der Waals surface area (Å²) in [6.45, 7) is 2.51. The summed E-state index contributed by atoms with van der Waals surface area (Å²) < 4.78 is 2.73. The Labute approximate surface area is 161 Å². The molecule has 24 heavy (non-hydrogen) atoms. The zero-order chi connectivity index (χ0) is 17.0. The van der Waals surface area contributed by atoms with E-state index in [2.05, 4.69) is 55.5 Å². The molecule has 0 unspecified atom stereocenters. The molecule has 0 aliphatic rings. The number of allylic oxidation sites excluding steroid dienone is 2. The van der Waals surface area contributed by atoms with Gasteiger partial charge in [0.05, 0.1) is 8.42 Å². The fourth-order valence-electron chi connectivity index (χ4n) is 1.86. The van der Waals surface area contributed by atoms with Crippen molar-refractivity contribution in [2.24, 2.45) is 0 Å². The minimum atomic E-state index is 0.275. The van der Waals surface area contributed by atoms with Crippen molar-refractivity contribution in [1.82, 2.24) is 0 Å². The Morgan fingerprint density at radius 1 is 0.875 bits per heavy atom. The van der Waals surface area contributed by atoms with Gasteiger partial charge in [-0.05, 0) is 55.0 Å². The first kappa shape index (κ1) is 19.9. The largest absolute Gasteiger partial charge is 0.396 e. The summed E-state index contributed by atoms with van der Waals surface area (Å²) in [5.41, 5.74) is 0. The van der Waals surface area contributed by atoms with Crippen LogP contribution in [0.15, 0.2) is 44.8 Å². The standard InChI is InChI=1S/C19H24OS4/c1-2-3-14-21-18-11-9-16(23-18)7-4-5-8-17-10-12-19(24-17)22-15-6-13-20/h4-5,7-12,20H,2-3,6,13-15H2,1H3. The van der Waals surface area contributed by atoms with Crippen molar-refractivity contribution in [2.45, 2.75) is 34.6 Å². The van der Waals surface area contributed by atoms with E-state index in [4.69, 9.17) is 5.11 Å². The van der Waals surface area contributed by atoms with Gasteiger partial charge >= 0.3 is 0 Å². The highest BCUT2D eigenvalue weighted by Crippen LogP contribution is 2.30. The molecule has 0 atom stereocenters. The second kappa shape index (κ2) is 12.0. The van der Waals surface area contributed by atoms with Crippen LogP contribution in [0.2, 0.25) is 0 Å². The fourth-order valence-corrected chi connectivity index (χ4v) is 6.15. The third-order valence-electron chi connectivity index (χ3n) is 3.13. The molecule has 1 nitrogen and oxygen atoms in total. The molecule has 0 saturated carbocycles. The zero-order valence-electron chi connectivity index (χ0n) is 13.9. The van der Waals surface area contributed by atoms with E-state index < -0.39 is 0 Å². The quantitative estimate of drug-likeness (QED) is 0.253. The molecule has 0 amide bonds. The van der Waals surface area contributed by atoms with Gasteiger partial charge in [-0.2, -0.15) is 0 Å². The van der Waals surface area contributed by atoms with E-state index in [-0.39, 0.29) is 6.61 Å². The molecular formula is C19H24OS4. The van der Waals surface area contributed by atoms with E-state index in [0.717, 1.165) is 12.2 Å². The van der Waals surface area contributed by atoms with Crippen LogP contribution in [0.4, 0.5) is 0 Å². The summed E-state index contributed by atoms with van der Waals surface area (Å²) >= 11 is 7.45. The maximum atomic E-state index is 8.81. The van der Waals surface area contributed by atoms with Crippen LogP contribution < -0.4 is 0 Å². The van der Waals surface area contributed by atoms with E-state index in [1.165, 1.54) is 36.8 Å².